The number of nitrogens with two attached hydrogens (primary N) is 1. The summed E-state index contributed by atoms with van der Waals surface area (Å²) in [4.78, 5) is 6.93. The van der Waals surface area contributed by atoms with Crippen LogP contribution < -0.4 is 16.0 Å². The molecule has 1 heterocycles. The topological polar surface area (TPSA) is 54.2 Å². The molecule has 1 aromatic carbocycles. The summed E-state index contributed by atoms with van der Waals surface area (Å²) >= 11 is 5.04. The molecule has 0 fully saturated rings. The van der Waals surface area contributed by atoms with Gasteiger partial charge in [-0.25, -0.2) is 4.98 Å². The number of hydrogen-bond donors (Lipinski definition) is 2. The molecule has 0 spiro atoms. The molecule has 2 aromatic rings. The second-order valence-electron chi connectivity index (χ2n) is 4.61. The van der Waals surface area contributed by atoms with Gasteiger partial charge in [-0.2, -0.15) is 0 Å². The van der Waals surface area contributed by atoms with E-state index in [-0.39, 0.29) is 0 Å². The van der Waals surface area contributed by atoms with E-state index in [4.69, 9.17) is 18.0 Å². The Morgan fingerprint density at radius 1 is 1.19 bits per heavy atom. The maximum Gasteiger partial charge on any atom is 0.140 e. The average molecular weight is 300 g/mol. The van der Waals surface area contributed by atoms with Gasteiger partial charge in [-0.1, -0.05) is 12.2 Å². The lowest BCUT2D eigenvalue weighted by Crippen LogP contribution is -2.21. The Morgan fingerprint density at radius 2 is 1.86 bits per heavy atom. The molecule has 0 aliphatic rings. The molecular weight excluding hydrogens is 280 g/mol. The number of thiocarbonyl (C=S) groups is 1. The zero-order valence-corrected chi connectivity index (χ0v) is 13.2. The van der Waals surface area contributed by atoms with E-state index in [0.29, 0.717) is 10.8 Å². The Balaban J connectivity index is 2.19. The lowest BCUT2D eigenvalue weighted by Gasteiger charge is -2.21. The van der Waals surface area contributed by atoms with Gasteiger partial charge in [-0.3, -0.25) is 0 Å². The minimum absolute atomic E-state index is 0.338. The SMILES string of the molecule is CCN(CC)c1ccc(Nc2ncccc2C(N)=S)cc1. The van der Waals surface area contributed by atoms with Crippen molar-refractivity contribution in [1.29, 1.82) is 0 Å². The van der Waals surface area contributed by atoms with Crippen LogP contribution in [-0.4, -0.2) is 23.1 Å². The highest BCUT2D eigenvalue weighted by molar-refractivity contribution is 7.80. The first-order valence-corrected chi connectivity index (χ1v) is 7.43. The van der Waals surface area contributed by atoms with Crippen molar-refractivity contribution in [2.45, 2.75) is 13.8 Å². The quantitative estimate of drug-likeness (QED) is 0.802. The first-order chi connectivity index (χ1) is 10.2. The normalized spacial score (nSPS) is 10.2. The summed E-state index contributed by atoms with van der Waals surface area (Å²) in [5.74, 6) is 0.681. The highest BCUT2D eigenvalue weighted by atomic mass is 32.1. The number of nitrogens with zero attached hydrogens (tertiary/aromatic N) is 2. The summed E-state index contributed by atoms with van der Waals surface area (Å²) in [5, 5.41) is 3.26. The van der Waals surface area contributed by atoms with E-state index in [0.717, 1.165) is 24.3 Å². The summed E-state index contributed by atoms with van der Waals surface area (Å²) in [7, 11) is 0. The minimum Gasteiger partial charge on any atom is -0.389 e. The van der Waals surface area contributed by atoms with E-state index in [1.165, 1.54) is 5.69 Å². The van der Waals surface area contributed by atoms with Crippen LogP contribution in [0.2, 0.25) is 0 Å². The fourth-order valence-corrected chi connectivity index (χ4v) is 2.35. The van der Waals surface area contributed by atoms with Crippen LogP contribution in [-0.2, 0) is 0 Å². The molecule has 0 unspecified atom stereocenters. The predicted molar refractivity (Wildman–Crippen MR) is 93.4 cm³/mol. The van der Waals surface area contributed by atoms with Gasteiger partial charge in [-0.15, -0.1) is 0 Å². The van der Waals surface area contributed by atoms with Crippen LogP contribution in [0.15, 0.2) is 42.6 Å². The van der Waals surface area contributed by atoms with Crippen molar-refractivity contribution in [2.75, 3.05) is 23.3 Å². The monoisotopic (exact) mass is 300 g/mol. The summed E-state index contributed by atoms with van der Waals surface area (Å²) in [6.45, 7) is 6.29. The van der Waals surface area contributed by atoms with Crippen molar-refractivity contribution < 1.29 is 0 Å². The lowest BCUT2D eigenvalue weighted by atomic mass is 10.2. The third kappa shape index (κ3) is 3.70. The van der Waals surface area contributed by atoms with Crippen LogP contribution in [0.3, 0.4) is 0 Å². The molecule has 3 N–H and O–H groups in total. The van der Waals surface area contributed by atoms with E-state index in [1.807, 2.05) is 24.3 Å². The zero-order valence-electron chi connectivity index (χ0n) is 12.3. The van der Waals surface area contributed by atoms with Crippen LogP contribution >= 0.6 is 12.2 Å². The molecule has 5 heteroatoms. The van der Waals surface area contributed by atoms with Crippen molar-refractivity contribution in [3.63, 3.8) is 0 Å². The molecule has 110 valence electrons. The molecule has 0 atom stereocenters. The number of rotatable bonds is 6. The number of anilines is 3. The largest absolute Gasteiger partial charge is 0.389 e. The number of pyridine rings is 1. The van der Waals surface area contributed by atoms with Crippen LogP contribution in [0.4, 0.5) is 17.2 Å². The Bertz CT molecular complexity index is 606. The molecular formula is C16H20N4S. The van der Waals surface area contributed by atoms with E-state index >= 15 is 0 Å². The Morgan fingerprint density at radius 3 is 2.43 bits per heavy atom. The Labute approximate surface area is 131 Å². The summed E-state index contributed by atoms with van der Waals surface area (Å²) in [6.07, 6.45) is 1.72. The standard InChI is InChI=1S/C16H20N4S/c1-3-20(4-2)13-9-7-12(8-10-13)19-16-14(15(17)21)6-5-11-18-16/h5-11H,3-4H2,1-2H3,(H2,17,21)(H,18,19). The van der Waals surface area contributed by atoms with Gasteiger partial charge < -0.3 is 16.0 Å². The highest BCUT2D eigenvalue weighted by Crippen LogP contribution is 2.22. The molecule has 0 saturated carbocycles. The van der Waals surface area contributed by atoms with Crippen LogP contribution in [0.5, 0.6) is 0 Å². The molecule has 2 rings (SSSR count). The van der Waals surface area contributed by atoms with Gasteiger partial charge in [0.25, 0.3) is 0 Å². The van der Waals surface area contributed by atoms with Gasteiger partial charge in [0, 0.05) is 30.7 Å². The van der Waals surface area contributed by atoms with E-state index < -0.39 is 0 Å². The summed E-state index contributed by atoms with van der Waals surface area (Å²) in [6, 6.07) is 11.9. The first-order valence-electron chi connectivity index (χ1n) is 7.02. The predicted octanol–water partition coefficient (Wildman–Crippen LogP) is 3.31. The minimum atomic E-state index is 0.338. The van der Waals surface area contributed by atoms with Crippen LogP contribution in [0, 0.1) is 0 Å². The Hall–Kier alpha value is -2.14. The third-order valence-corrected chi connectivity index (χ3v) is 3.55. The average Bonchev–Trinajstić information content (AvgIpc) is 2.50. The molecule has 21 heavy (non-hydrogen) atoms. The van der Waals surface area contributed by atoms with Crippen molar-refractivity contribution >= 4 is 34.4 Å². The lowest BCUT2D eigenvalue weighted by molar-refractivity contribution is 0.866. The highest BCUT2D eigenvalue weighted by Gasteiger charge is 2.07. The maximum atomic E-state index is 5.71. The van der Waals surface area contributed by atoms with Crippen molar-refractivity contribution in [3.05, 3.63) is 48.2 Å². The van der Waals surface area contributed by atoms with Crippen molar-refractivity contribution in [2.24, 2.45) is 5.73 Å². The van der Waals surface area contributed by atoms with Gasteiger partial charge in [-0.05, 0) is 50.2 Å². The Kier molecular flexibility index (Phi) is 5.11. The van der Waals surface area contributed by atoms with Gasteiger partial charge in [0.1, 0.15) is 10.8 Å². The van der Waals surface area contributed by atoms with Crippen molar-refractivity contribution in [1.82, 2.24) is 4.98 Å². The second-order valence-corrected chi connectivity index (χ2v) is 5.05. The fraction of sp³-hybridized carbons (Fsp3) is 0.250. The fourth-order valence-electron chi connectivity index (χ4n) is 2.18. The number of hydrogen-bond acceptors (Lipinski definition) is 4. The van der Waals surface area contributed by atoms with Crippen LogP contribution in [0.1, 0.15) is 19.4 Å². The molecule has 0 aliphatic carbocycles. The number of aromatic nitrogens is 1. The van der Waals surface area contributed by atoms with Gasteiger partial charge in [0.2, 0.25) is 0 Å². The van der Waals surface area contributed by atoms with Gasteiger partial charge >= 0.3 is 0 Å². The maximum absolute atomic E-state index is 5.71. The smallest absolute Gasteiger partial charge is 0.140 e. The first kappa shape index (κ1) is 15.3. The van der Waals surface area contributed by atoms with Gasteiger partial charge in [0.05, 0.1) is 5.56 Å². The van der Waals surface area contributed by atoms with E-state index in [2.05, 4.69) is 41.2 Å². The molecule has 4 nitrogen and oxygen atoms in total. The number of benzene rings is 1. The zero-order chi connectivity index (χ0) is 15.2. The molecule has 0 saturated heterocycles. The third-order valence-electron chi connectivity index (χ3n) is 3.33. The van der Waals surface area contributed by atoms with Crippen LogP contribution in [0.25, 0.3) is 0 Å². The molecule has 0 amide bonds. The van der Waals surface area contributed by atoms with E-state index in [9.17, 15) is 0 Å². The summed E-state index contributed by atoms with van der Waals surface area (Å²) in [5.41, 5.74) is 8.63. The molecule has 0 aliphatic heterocycles. The van der Waals surface area contributed by atoms with E-state index in [1.54, 1.807) is 6.20 Å². The number of nitrogens with one attached hydrogen (secondary N) is 1. The molecule has 0 bridgehead atoms. The van der Waals surface area contributed by atoms with Gasteiger partial charge in [0.15, 0.2) is 0 Å². The molecule has 1 aromatic heterocycles. The van der Waals surface area contributed by atoms with Crippen molar-refractivity contribution in [3.8, 4) is 0 Å². The second kappa shape index (κ2) is 7.04. The summed E-state index contributed by atoms with van der Waals surface area (Å²) < 4.78 is 0. The molecule has 0 radical (unpaired) electrons.